The number of aliphatic imine (C=N–C) groups is 1. The Morgan fingerprint density at radius 2 is 2.08 bits per heavy atom. The fourth-order valence-electron chi connectivity index (χ4n) is 2.56. The van der Waals surface area contributed by atoms with Crippen LogP contribution < -0.4 is 10.6 Å². The highest BCUT2D eigenvalue weighted by molar-refractivity contribution is 7.09. The maximum Gasteiger partial charge on any atom is 0.243 e. The van der Waals surface area contributed by atoms with Gasteiger partial charge in [-0.1, -0.05) is 6.07 Å². The lowest BCUT2D eigenvalue weighted by molar-refractivity contribution is -0.127. The quantitative estimate of drug-likeness (QED) is 0.373. The molecule has 0 aliphatic carbocycles. The van der Waals surface area contributed by atoms with Crippen LogP contribution in [-0.4, -0.2) is 88.2 Å². The summed E-state index contributed by atoms with van der Waals surface area (Å²) in [4.78, 5) is 21.5. The van der Waals surface area contributed by atoms with E-state index in [1.807, 2.05) is 0 Å². The van der Waals surface area contributed by atoms with Crippen LogP contribution in [0.15, 0.2) is 22.5 Å². The molecule has 7 nitrogen and oxygen atoms in total. The topological polar surface area (TPSA) is 69.2 Å². The molecular formula is C18H31N5O2S. The molecule has 1 fully saturated rings. The molecule has 2 rings (SSSR count). The van der Waals surface area contributed by atoms with Gasteiger partial charge in [-0.15, -0.1) is 11.3 Å². The molecule has 0 spiro atoms. The van der Waals surface area contributed by atoms with Gasteiger partial charge in [0.1, 0.15) is 6.54 Å². The molecule has 2 N–H and O–H groups in total. The standard InChI is InChI=1S/C18H31N5O2S/c1-22(2)17(24)15-21-18(20-8-6-16-5-3-14-26-16)19-7-4-9-23-10-12-25-13-11-23/h3,5,14H,4,6-13,15H2,1-2H3,(H2,19,20,21). The number of guanidine groups is 1. The van der Waals surface area contributed by atoms with Crippen molar-refractivity contribution in [3.63, 3.8) is 0 Å². The van der Waals surface area contributed by atoms with E-state index >= 15 is 0 Å². The Hall–Kier alpha value is -1.64. The summed E-state index contributed by atoms with van der Waals surface area (Å²) in [5.41, 5.74) is 0. The van der Waals surface area contributed by atoms with Gasteiger partial charge in [-0.25, -0.2) is 4.99 Å². The molecule has 1 amide bonds. The molecule has 0 radical (unpaired) electrons. The van der Waals surface area contributed by atoms with Crippen LogP contribution in [0.3, 0.4) is 0 Å². The van der Waals surface area contributed by atoms with E-state index in [0.717, 1.165) is 58.8 Å². The summed E-state index contributed by atoms with van der Waals surface area (Å²) < 4.78 is 5.37. The zero-order valence-electron chi connectivity index (χ0n) is 15.9. The number of amides is 1. The second-order valence-electron chi connectivity index (χ2n) is 6.44. The molecule has 8 heteroatoms. The lowest BCUT2D eigenvalue weighted by atomic mass is 10.3. The van der Waals surface area contributed by atoms with Gasteiger partial charge in [0.2, 0.25) is 5.91 Å². The smallest absolute Gasteiger partial charge is 0.243 e. The summed E-state index contributed by atoms with van der Waals surface area (Å²) >= 11 is 1.76. The second-order valence-corrected chi connectivity index (χ2v) is 7.48. The number of carbonyl (C=O) groups excluding carboxylic acids is 1. The molecule has 146 valence electrons. The van der Waals surface area contributed by atoms with Crippen molar-refractivity contribution >= 4 is 23.2 Å². The van der Waals surface area contributed by atoms with E-state index in [2.05, 4.69) is 38.0 Å². The van der Waals surface area contributed by atoms with Crippen molar-refractivity contribution in [1.82, 2.24) is 20.4 Å². The van der Waals surface area contributed by atoms with Crippen LogP contribution in [0.2, 0.25) is 0 Å². The minimum absolute atomic E-state index is 0.00215. The molecular weight excluding hydrogens is 350 g/mol. The van der Waals surface area contributed by atoms with E-state index in [1.165, 1.54) is 4.88 Å². The van der Waals surface area contributed by atoms with E-state index < -0.39 is 0 Å². The number of hydrogen-bond donors (Lipinski definition) is 2. The minimum atomic E-state index is -0.00215. The van der Waals surface area contributed by atoms with Gasteiger partial charge in [0.15, 0.2) is 5.96 Å². The van der Waals surface area contributed by atoms with Gasteiger partial charge < -0.3 is 20.3 Å². The third-order valence-electron chi connectivity index (χ3n) is 4.16. The molecule has 26 heavy (non-hydrogen) atoms. The lowest BCUT2D eigenvalue weighted by Gasteiger charge is -2.26. The summed E-state index contributed by atoms with van der Waals surface area (Å²) in [6.07, 6.45) is 1.99. The second kappa shape index (κ2) is 11.9. The number of carbonyl (C=O) groups is 1. The van der Waals surface area contributed by atoms with E-state index in [-0.39, 0.29) is 12.5 Å². The van der Waals surface area contributed by atoms with Gasteiger partial charge in [-0.2, -0.15) is 0 Å². The monoisotopic (exact) mass is 381 g/mol. The predicted octanol–water partition coefficient (Wildman–Crippen LogP) is 0.636. The molecule has 1 aliphatic heterocycles. The maximum absolute atomic E-state index is 11.8. The molecule has 1 aliphatic rings. The minimum Gasteiger partial charge on any atom is -0.379 e. The van der Waals surface area contributed by atoms with Crippen LogP contribution in [0.25, 0.3) is 0 Å². The molecule has 1 aromatic rings. The number of rotatable bonds is 9. The van der Waals surface area contributed by atoms with E-state index in [0.29, 0.717) is 5.96 Å². The van der Waals surface area contributed by atoms with Gasteiger partial charge in [0.05, 0.1) is 13.2 Å². The largest absolute Gasteiger partial charge is 0.379 e. The third-order valence-corrected chi connectivity index (χ3v) is 5.10. The van der Waals surface area contributed by atoms with Crippen molar-refractivity contribution in [1.29, 1.82) is 0 Å². The third kappa shape index (κ3) is 8.16. The predicted molar refractivity (Wildman–Crippen MR) is 107 cm³/mol. The first kappa shape index (κ1) is 20.7. The molecule has 1 aromatic heterocycles. The van der Waals surface area contributed by atoms with Gasteiger partial charge in [-0.05, 0) is 30.8 Å². The van der Waals surface area contributed by atoms with Crippen LogP contribution >= 0.6 is 11.3 Å². The zero-order valence-corrected chi connectivity index (χ0v) is 16.7. The lowest BCUT2D eigenvalue weighted by Crippen LogP contribution is -2.41. The number of thiophene rings is 1. The van der Waals surface area contributed by atoms with Crippen LogP contribution in [0.4, 0.5) is 0 Å². The fourth-order valence-corrected chi connectivity index (χ4v) is 3.26. The van der Waals surface area contributed by atoms with Crippen molar-refractivity contribution in [3.05, 3.63) is 22.4 Å². The number of nitrogens with one attached hydrogen (secondary N) is 2. The normalized spacial score (nSPS) is 15.7. The van der Waals surface area contributed by atoms with Crippen LogP contribution in [0, 0.1) is 0 Å². The maximum atomic E-state index is 11.8. The number of morpholine rings is 1. The Balaban J connectivity index is 1.73. The average molecular weight is 382 g/mol. The zero-order chi connectivity index (χ0) is 18.6. The Morgan fingerprint density at radius 3 is 2.77 bits per heavy atom. The van der Waals surface area contributed by atoms with Crippen molar-refractivity contribution in [3.8, 4) is 0 Å². The van der Waals surface area contributed by atoms with Crippen molar-refractivity contribution < 1.29 is 9.53 Å². The van der Waals surface area contributed by atoms with Crippen LogP contribution in [0.5, 0.6) is 0 Å². The van der Waals surface area contributed by atoms with Gasteiger partial charge in [0, 0.05) is 45.2 Å². The number of ether oxygens (including phenoxy) is 1. The fraction of sp³-hybridized carbons (Fsp3) is 0.667. The summed E-state index contributed by atoms with van der Waals surface area (Å²) in [5, 5.41) is 8.77. The number of hydrogen-bond acceptors (Lipinski definition) is 5. The first-order chi connectivity index (χ1) is 12.6. The SMILES string of the molecule is CN(C)C(=O)CN=C(NCCCN1CCOCC1)NCCc1cccs1. The molecule has 1 saturated heterocycles. The van der Waals surface area contributed by atoms with E-state index in [9.17, 15) is 4.79 Å². The molecule has 0 unspecified atom stereocenters. The highest BCUT2D eigenvalue weighted by Gasteiger charge is 2.09. The average Bonchev–Trinajstić information content (AvgIpc) is 3.16. The van der Waals surface area contributed by atoms with Crippen molar-refractivity contribution in [2.24, 2.45) is 4.99 Å². The molecule has 0 bridgehead atoms. The highest BCUT2D eigenvalue weighted by atomic mass is 32.1. The Morgan fingerprint density at radius 1 is 1.31 bits per heavy atom. The Bertz CT molecular complexity index is 542. The number of likely N-dealkylation sites (N-methyl/N-ethyl adjacent to an activating group) is 1. The van der Waals surface area contributed by atoms with Crippen LogP contribution in [-0.2, 0) is 16.0 Å². The van der Waals surface area contributed by atoms with Crippen molar-refractivity contribution in [2.75, 3.05) is 66.6 Å². The van der Waals surface area contributed by atoms with Gasteiger partial charge in [0.25, 0.3) is 0 Å². The number of nitrogens with zero attached hydrogens (tertiary/aromatic N) is 3. The van der Waals surface area contributed by atoms with E-state index in [1.54, 1.807) is 30.3 Å². The molecule has 0 aromatic carbocycles. The first-order valence-corrected chi connectivity index (χ1v) is 10.1. The van der Waals surface area contributed by atoms with E-state index in [4.69, 9.17) is 4.74 Å². The highest BCUT2D eigenvalue weighted by Crippen LogP contribution is 2.08. The van der Waals surface area contributed by atoms with Crippen LogP contribution in [0.1, 0.15) is 11.3 Å². The Kier molecular flexibility index (Phi) is 9.44. The van der Waals surface area contributed by atoms with Gasteiger partial charge >= 0.3 is 0 Å². The molecule has 0 atom stereocenters. The molecule has 2 heterocycles. The summed E-state index contributed by atoms with van der Waals surface area (Å²) in [5.74, 6) is 0.705. The van der Waals surface area contributed by atoms with Gasteiger partial charge in [-0.3, -0.25) is 9.69 Å². The molecule has 0 saturated carbocycles. The summed E-state index contributed by atoms with van der Waals surface area (Å²) in [6.45, 7) is 6.52. The first-order valence-electron chi connectivity index (χ1n) is 9.20. The summed E-state index contributed by atoms with van der Waals surface area (Å²) in [6, 6.07) is 4.20. The summed E-state index contributed by atoms with van der Waals surface area (Å²) in [7, 11) is 3.50. The Labute approximate surface area is 160 Å². The van der Waals surface area contributed by atoms with Crippen molar-refractivity contribution in [2.45, 2.75) is 12.8 Å².